The number of nitrogens with two attached hydrogens (primary N) is 1. The highest BCUT2D eigenvalue weighted by Gasteiger charge is 2.26. The van der Waals surface area contributed by atoms with Gasteiger partial charge in [-0.05, 0) is 31.0 Å². The minimum atomic E-state index is -2.80. The fraction of sp³-hybridized carbons (Fsp3) is 0.182. The number of alkyl halides is 2. The molecule has 3 aromatic heterocycles. The van der Waals surface area contributed by atoms with Crippen molar-refractivity contribution in [3.05, 3.63) is 64.4 Å². The Morgan fingerprint density at radius 2 is 1.97 bits per heavy atom. The number of hydrogen-bond acceptors (Lipinski definition) is 5. The SMILES string of the molecule is CCn1cc(C(=O)Nc2c(C(N)=O)sc3nc(C(F)F)cc(-c4ccccc4)c23)c(C)n1. The number of primary amides is 1. The first-order valence-electron chi connectivity index (χ1n) is 9.76. The number of anilines is 1. The van der Waals surface area contributed by atoms with Crippen LogP contribution in [-0.4, -0.2) is 26.6 Å². The van der Waals surface area contributed by atoms with E-state index >= 15 is 0 Å². The van der Waals surface area contributed by atoms with Crippen molar-refractivity contribution >= 4 is 39.1 Å². The highest BCUT2D eigenvalue weighted by atomic mass is 32.1. The van der Waals surface area contributed by atoms with E-state index in [0.717, 1.165) is 11.3 Å². The lowest BCUT2D eigenvalue weighted by molar-refractivity contribution is 0.100. The molecule has 0 atom stereocenters. The monoisotopic (exact) mass is 455 g/mol. The summed E-state index contributed by atoms with van der Waals surface area (Å²) < 4.78 is 28.7. The maximum atomic E-state index is 13.5. The van der Waals surface area contributed by atoms with Crippen LogP contribution in [-0.2, 0) is 6.54 Å². The van der Waals surface area contributed by atoms with Crippen molar-refractivity contribution < 1.29 is 18.4 Å². The second-order valence-electron chi connectivity index (χ2n) is 7.05. The number of halogens is 2. The zero-order valence-corrected chi connectivity index (χ0v) is 18.0. The number of aromatic nitrogens is 3. The van der Waals surface area contributed by atoms with Gasteiger partial charge in [0.2, 0.25) is 0 Å². The maximum absolute atomic E-state index is 13.5. The summed E-state index contributed by atoms with van der Waals surface area (Å²) in [6, 6.07) is 10.1. The van der Waals surface area contributed by atoms with Crippen LogP contribution >= 0.6 is 11.3 Å². The van der Waals surface area contributed by atoms with Crippen LogP contribution in [0.1, 0.15) is 44.8 Å². The predicted molar refractivity (Wildman–Crippen MR) is 119 cm³/mol. The van der Waals surface area contributed by atoms with Crippen LogP contribution in [0.3, 0.4) is 0 Å². The molecular formula is C22H19F2N5O2S. The summed E-state index contributed by atoms with van der Waals surface area (Å²) in [4.78, 5) is 29.5. The molecule has 1 aromatic carbocycles. The summed E-state index contributed by atoms with van der Waals surface area (Å²) in [5.41, 5.74) is 7.20. The molecule has 0 saturated carbocycles. The van der Waals surface area contributed by atoms with E-state index in [1.165, 1.54) is 6.07 Å². The molecular weight excluding hydrogens is 436 g/mol. The van der Waals surface area contributed by atoms with E-state index < -0.39 is 23.9 Å². The van der Waals surface area contributed by atoms with Crippen LogP contribution in [0.25, 0.3) is 21.3 Å². The number of aryl methyl sites for hydroxylation is 2. The molecule has 2 amide bonds. The Morgan fingerprint density at radius 1 is 1.25 bits per heavy atom. The number of amides is 2. The van der Waals surface area contributed by atoms with Gasteiger partial charge >= 0.3 is 0 Å². The summed E-state index contributed by atoms with van der Waals surface area (Å²) in [6.45, 7) is 4.18. The Labute approximate surface area is 185 Å². The number of nitrogens with one attached hydrogen (secondary N) is 1. The van der Waals surface area contributed by atoms with Crippen molar-refractivity contribution in [3.63, 3.8) is 0 Å². The van der Waals surface area contributed by atoms with Gasteiger partial charge in [0, 0.05) is 18.1 Å². The molecule has 0 aliphatic carbocycles. The molecule has 7 nitrogen and oxygen atoms in total. The quantitative estimate of drug-likeness (QED) is 0.437. The molecule has 0 radical (unpaired) electrons. The highest BCUT2D eigenvalue weighted by molar-refractivity contribution is 7.21. The summed E-state index contributed by atoms with van der Waals surface area (Å²) in [5.74, 6) is -1.27. The molecule has 0 aliphatic rings. The molecule has 10 heteroatoms. The van der Waals surface area contributed by atoms with Gasteiger partial charge in [-0.15, -0.1) is 11.3 Å². The van der Waals surface area contributed by atoms with E-state index in [9.17, 15) is 18.4 Å². The average Bonchev–Trinajstić information content (AvgIpc) is 3.34. The fourth-order valence-corrected chi connectivity index (χ4v) is 4.47. The van der Waals surface area contributed by atoms with Gasteiger partial charge in [-0.2, -0.15) is 5.10 Å². The van der Waals surface area contributed by atoms with Crippen molar-refractivity contribution in [1.29, 1.82) is 0 Å². The molecule has 3 heterocycles. The van der Waals surface area contributed by atoms with E-state index in [-0.39, 0.29) is 15.4 Å². The van der Waals surface area contributed by atoms with Gasteiger partial charge in [-0.1, -0.05) is 30.3 Å². The van der Waals surface area contributed by atoms with Gasteiger partial charge in [0.25, 0.3) is 18.2 Å². The Balaban J connectivity index is 1.94. The first kappa shape index (κ1) is 21.6. The number of hydrogen-bond donors (Lipinski definition) is 2. The smallest absolute Gasteiger partial charge is 0.280 e. The van der Waals surface area contributed by atoms with Crippen molar-refractivity contribution in [1.82, 2.24) is 14.8 Å². The van der Waals surface area contributed by atoms with Crippen LogP contribution in [0.2, 0.25) is 0 Å². The molecule has 4 aromatic rings. The van der Waals surface area contributed by atoms with E-state index in [2.05, 4.69) is 15.4 Å². The Morgan fingerprint density at radius 3 is 2.56 bits per heavy atom. The number of fused-ring (bicyclic) bond motifs is 1. The largest absolute Gasteiger partial charge is 0.365 e. The zero-order chi connectivity index (χ0) is 23.0. The van der Waals surface area contributed by atoms with Crippen LogP contribution in [0, 0.1) is 6.92 Å². The van der Waals surface area contributed by atoms with Crippen molar-refractivity contribution in [2.75, 3.05) is 5.32 Å². The molecule has 0 bridgehead atoms. The van der Waals surface area contributed by atoms with E-state index in [4.69, 9.17) is 5.73 Å². The summed E-state index contributed by atoms with van der Waals surface area (Å²) in [7, 11) is 0. The van der Waals surface area contributed by atoms with Crippen LogP contribution in [0.4, 0.5) is 14.5 Å². The second-order valence-corrected chi connectivity index (χ2v) is 8.05. The van der Waals surface area contributed by atoms with E-state index in [1.807, 2.05) is 6.92 Å². The van der Waals surface area contributed by atoms with Gasteiger partial charge in [0.15, 0.2) is 0 Å². The molecule has 0 fully saturated rings. The summed E-state index contributed by atoms with van der Waals surface area (Å²) >= 11 is 0.869. The van der Waals surface area contributed by atoms with E-state index in [1.54, 1.807) is 48.1 Å². The molecule has 0 aliphatic heterocycles. The topological polar surface area (TPSA) is 103 Å². The average molecular weight is 455 g/mol. The van der Waals surface area contributed by atoms with Gasteiger partial charge < -0.3 is 11.1 Å². The molecule has 0 spiro atoms. The van der Waals surface area contributed by atoms with Crippen molar-refractivity contribution in [3.8, 4) is 11.1 Å². The van der Waals surface area contributed by atoms with Crippen LogP contribution in [0.5, 0.6) is 0 Å². The third-order valence-electron chi connectivity index (χ3n) is 4.97. The molecule has 32 heavy (non-hydrogen) atoms. The second kappa shape index (κ2) is 8.46. The lowest BCUT2D eigenvalue weighted by Crippen LogP contribution is -2.17. The Hall–Kier alpha value is -3.66. The Kier molecular flexibility index (Phi) is 5.70. The summed E-state index contributed by atoms with van der Waals surface area (Å²) in [5, 5.41) is 7.41. The van der Waals surface area contributed by atoms with Crippen molar-refractivity contribution in [2.45, 2.75) is 26.8 Å². The van der Waals surface area contributed by atoms with Gasteiger partial charge in [0.1, 0.15) is 15.4 Å². The van der Waals surface area contributed by atoms with Gasteiger partial charge in [-0.25, -0.2) is 13.8 Å². The number of thiophene rings is 1. The Bertz CT molecular complexity index is 1330. The first-order chi connectivity index (χ1) is 15.3. The number of benzene rings is 1. The third kappa shape index (κ3) is 3.84. The standard InChI is InChI=1S/C22H19F2N5O2S/c1-3-29-10-14(11(2)28-29)21(31)27-17-16-13(12-7-5-4-6-8-12)9-15(19(23)24)26-22(16)32-18(17)20(25)30/h4-10,19H,3H2,1-2H3,(H2,25,30)(H,27,31). The van der Waals surface area contributed by atoms with Crippen LogP contribution < -0.4 is 11.1 Å². The van der Waals surface area contributed by atoms with E-state index in [0.29, 0.717) is 34.3 Å². The maximum Gasteiger partial charge on any atom is 0.280 e. The molecule has 4 rings (SSSR count). The lowest BCUT2D eigenvalue weighted by Gasteiger charge is -2.11. The molecule has 0 saturated heterocycles. The normalized spacial score (nSPS) is 11.3. The fourth-order valence-electron chi connectivity index (χ4n) is 3.45. The molecule has 0 unspecified atom stereocenters. The zero-order valence-electron chi connectivity index (χ0n) is 17.2. The summed E-state index contributed by atoms with van der Waals surface area (Å²) in [6.07, 6.45) is -1.20. The number of nitrogens with zero attached hydrogens (tertiary/aromatic N) is 3. The van der Waals surface area contributed by atoms with Gasteiger partial charge in [-0.3, -0.25) is 14.3 Å². The first-order valence-corrected chi connectivity index (χ1v) is 10.6. The lowest BCUT2D eigenvalue weighted by atomic mass is 10.0. The molecule has 164 valence electrons. The molecule has 3 N–H and O–H groups in total. The number of rotatable bonds is 6. The minimum Gasteiger partial charge on any atom is -0.365 e. The van der Waals surface area contributed by atoms with Crippen molar-refractivity contribution in [2.24, 2.45) is 5.73 Å². The minimum absolute atomic E-state index is 0.0324. The predicted octanol–water partition coefficient (Wildman–Crippen LogP) is 4.78. The number of carbonyl (C=O) groups excluding carboxylic acids is 2. The number of carbonyl (C=O) groups is 2. The highest BCUT2D eigenvalue weighted by Crippen LogP contribution is 2.42. The van der Waals surface area contributed by atoms with Gasteiger partial charge in [0.05, 0.1) is 16.9 Å². The van der Waals surface area contributed by atoms with Crippen LogP contribution in [0.15, 0.2) is 42.6 Å². The third-order valence-corrected chi connectivity index (χ3v) is 6.07. The number of pyridine rings is 1.